The van der Waals surface area contributed by atoms with E-state index in [-0.39, 0.29) is 11.9 Å². The summed E-state index contributed by atoms with van der Waals surface area (Å²) in [6.07, 6.45) is 3.59. The van der Waals surface area contributed by atoms with Crippen molar-refractivity contribution < 1.29 is 14.3 Å². The van der Waals surface area contributed by atoms with Crippen molar-refractivity contribution in [1.82, 2.24) is 4.90 Å². The first-order valence-electron chi connectivity index (χ1n) is 6.49. The maximum Gasteiger partial charge on any atom is 0.239 e. The van der Waals surface area contributed by atoms with Gasteiger partial charge in [0.15, 0.2) is 5.79 Å². The van der Waals surface area contributed by atoms with E-state index in [0.29, 0.717) is 26.3 Å². The Balaban J connectivity index is 1.85. The van der Waals surface area contributed by atoms with Crippen molar-refractivity contribution in [2.45, 2.75) is 44.4 Å². The molecule has 2 saturated heterocycles. The Morgan fingerprint density at radius 2 is 2.18 bits per heavy atom. The molecule has 2 fully saturated rings. The average molecular weight is 242 g/mol. The Kier molecular flexibility index (Phi) is 4.01. The lowest BCUT2D eigenvalue weighted by molar-refractivity contribution is -0.153. The molecule has 0 aliphatic carbocycles. The molecular formula is C12H22N2O3. The number of rotatable bonds is 4. The fraction of sp³-hybridized carbons (Fsp3) is 0.917. The molecule has 2 aliphatic rings. The van der Waals surface area contributed by atoms with E-state index in [1.165, 1.54) is 0 Å². The summed E-state index contributed by atoms with van der Waals surface area (Å²) in [5.74, 6) is -0.491. The van der Waals surface area contributed by atoms with Gasteiger partial charge in [-0.2, -0.15) is 0 Å². The van der Waals surface area contributed by atoms with Crippen LogP contribution in [0.5, 0.6) is 0 Å². The summed E-state index contributed by atoms with van der Waals surface area (Å²) in [7, 11) is 0. The Morgan fingerprint density at radius 1 is 1.47 bits per heavy atom. The molecule has 5 heteroatoms. The molecule has 0 aromatic heterocycles. The number of nitrogens with two attached hydrogens (primary N) is 1. The topological polar surface area (TPSA) is 64.8 Å². The third-order valence-electron chi connectivity index (χ3n) is 3.51. The van der Waals surface area contributed by atoms with Gasteiger partial charge in [0.1, 0.15) is 0 Å². The number of ether oxygens (including phenoxy) is 2. The van der Waals surface area contributed by atoms with Gasteiger partial charge in [-0.1, -0.05) is 19.8 Å². The van der Waals surface area contributed by atoms with Gasteiger partial charge < -0.3 is 20.1 Å². The summed E-state index contributed by atoms with van der Waals surface area (Å²) in [5, 5.41) is 0. The maximum atomic E-state index is 12.1. The van der Waals surface area contributed by atoms with E-state index in [2.05, 4.69) is 6.92 Å². The first-order chi connectivity index (χ1) is 8.17. The quantitative estimate of drug-likeness (QED) is 0.778. The van der Waals surface area contributed by atoms with Gasteiger partial charge in [0.05, 0.1) is 25.8 Å². The highest BCUT2D eigenvalue weighted by atomic mass is 16.7. The highest BCUT2D eigenvalue weighted by Crippen LogP contribution is 2.30. The van der Waals surface area contributed by atoms with Crippen LogP contribution in [0.2, 0.25) is 0 Å². The van der Waals surface area contributed by atoms with E-state index in [4.69, 9.17) is 15.2 Å². The van der Waals surface area contributed by atoms with Crippen molar-refractivity contribution in [3.8, 4) is 0 Å². The summed E-state index contributed by atoms with van der Waals surface area (Å²) in [4.78, 5) is 13.9. The molecule has 17 heavy (non-hydrogen) atoms. The van der Waals surface area contributed by atoms with Gasteiger partial charge in [-0.3, -0.25) is 4.79 Å². The lowest BCUT2D eigenvalue weighted by Crippen LogP contribution is -2.44. The fourth-order valence-electron chi connectivity index (χ4n) is 2.46. The molecule has 2 rings (SSSR count). The van der Waals surface area contributed by atoms with E-state index in [1.807, 2.05) is 0 Å². The van der Waals surface area contributed by atoms with E-state index >= 15 is 0 Å². The number of nitrogens with zero attached hydrogens (tertiary/aromatic N) is 1. The molecule has 0 bridgehead atoms. The third kappa shape index (κ3) is 2.78. The van der Waals surface area contributed by atoms with E-state index in [1.54, 1.807) is 4.90 Å². The molecule has 0 saturated carbocycles. The predicted molar refractivity (Wildman–Crippen MR) is 63.3 cm³/mol. The SMILES string of the molecule is CCCC[C@@H](N)C(=O)N1CCC2(C1)OCCO2. The van der Waals surface area contributed by atoms with E-state index in [0.717, 1.165) is 25.7 Å². The second kappa shape index (κ2) is 5.33. The van der Waals surface area contributed by atoms with E-state index < -0.39 is 5.79 Å². The molecule has 5 nitrogen and oxygen atoms in total. The highest BCUT2D eigenvalue weighted by Gasteiger charge is 2.45. The number of amides is 1. The van der Waals surface area contributed by atoms with Crippen LogP contribution in [-0.2, 0) is 14.3 Å². The molecule has 0 radical (unpaired) electrons. The van der Waals surface area contributed by atoms with Crippen LogP contribution < -0.4 is 5.73 Å². The van der Waals surface area contributed by atoms with Crippen molar-refractivity contribution in [3.63, 3.8) is 0 Å². The zero-order valence-electron chi connectivity index (χ0n) is 10.5. The molecule has 98 valence electrons. The number of carbonyl (C=O) groups excluding carboxylic acids is 1. The maximum absolute atomic E-state index is 12.1. The van der Waals surface area contributed by atoms with Crippen molar-refractivity contribution in [2.75, 3.05) is 26.3 Å². The van der Waals surface area contributed by atoms with Crippen LogP contribution in [0.15, 0.2) is 0 Å². The summed E-state index contributed by atoms with van der Waals surface area (Å²) < 4.78 is 11.2. The van der Waals surface area contributed by atoms with Gasteiger partial charge in [-0.25, -0.2) is 0 Å². The summed E-state index contributed by atoms with van der Waals surface area (Å²) in [6, 6.07) is -0.369. The zero-order chi connectivity index (χ0) is 12.3. The lowest BCUT2D eigenvalue weighted by atomic mass is 10.1. The van der Waals surface area contributed by atoms with Crippen LogP contribution in [0.1, 0.15) is 32.6 Å². The Morgan fingerprint density at radius 3 is 2.82 bits per heavy atom. The summed E-state index contributed by atoms with van der Waals surface area (Å²) in [6.45, 7) is 4.58. The van der Waals surface area contributed by atoms with Crippen LogP contribution in [0, 0.1) is 0 Å². The van der Waals surface area contributed by atoms with Crippen LogP contribution in [0.3, 0.4) is 0 Å². The second-order valence-corrected chi connectivity index (χ2v) is 4.87. The minimum absolute atomic E-state index is 0.0365. The lowest BCUT2D eigenvalue weighted by Gasteiger charge is -2.24. The Hall–Kier alpha value is -0.650. The first-order valence-corrected chi connectivity index (χ1v) is 6.49. The molecule has 0 unspecified atom stereocenters. The number of carbonyl (C=O) groups is 1. The standard InChI is InChI=1S/C12H22N2O3/c1-2-3-4-10(13)11(15)14-6-5-12(9-14)16-7-8-17-12/h10H,2-9,13H2,1H3/t10-/m1/s1. The zero-order valence-corrected chi connectivity index (χ0v) is 10.5. The van der Waals surface area contributed by atoms with Crippen molar-refractivity contribution in [1.29, 1.82) is 0 Å². The Labute approximate surface area is 102 Å². The molecule has 1 atom stereocenters. The molecule has 2 aliphatic heterocycles. The predicted octanol–water partition coefficient (Wildman–Crippen LogP) is 0.479. The smallest absolute Gasteiger partial charge is 0.239 e. The fourth-order valence-corrected chi connectivity index (χ4v) is 2.46. The first kappa shape index (κ1) is 12.8. The Bertz CT molecular complexity index is 277. The molecule has 0 aromatic carbocycles. The van der Waals surface area contributed by atoms with Crippen molar-refractivity contribution in [2.24, 2.45) is 5.73 Å². The molecular weight excluding hydrogens is 220 g/mol. The largest absolute Gasteiger partial charge is 0.346 e. The molecule has 2 N–H and O–H groups in total. The molecule has 1 spiro atoms. The minimum Gasteiger partial charge on any atom is -0.346 e. The minimum atomic E-state index is -0.528. The van der Waals surface area contributed by atoms with Crippen LogP contribution in [0.25, 0.3) is 0 Å². The molecule has 0 aromatic rings. The average Bonchev–Trinajstić information content (AvgIpc) is 2.96. The normalized spacial score (nSPS) is 24.5. The van der Waals surface area contributed by atoms with Gasteiger partial charge in [-0.15, -0.1) is 0 Å². The van der Waals surface area contributed by atoms with Gasteiger partial charge >= 0.3 is 0 Å². The monoisotopic (exact) mass is 242 g/mol. The van der Waals surface area contributed by atoms with Gasteiger partial charge in [0.2, 0.25) is 5.91 Å². The number of likely N-dealkylation sites (tertiary alicyclic amines) is 1. The van der Waals surface area contributed by atoms with E-state index in [9.17, 15) is 4.79 Å². The number of hydrogen-bond donors (Lipinski definition) is 1. The summed E-state index contributed by atoms with van der Waals surface area (Å²) >= 11 is 0. The van der Waals surface area contributed by atoms with Crippen molar-refractivity contribution in [3.05, 3.63) is 0 Å². The third-order valence-corrected chi connectivity index (χ3v) is 3.51. The number of unbranched alkanes of at least 4 members (excludes halogenated alkanes) is 1. The highest BCUT2D eigenvalue weighted by molar-refractivity contribution is 5.82. The van der Waals surface area contributed by atoms with Crippen molar-refractivity contribution >= 4 is 5.91 Å². The second-order valence-electron chi connectivity index (χ2n) is 4.87. The van der Waals surface area contributed by atoms with Crippen LogP contribution in [-0.4, -0.2) is 48.9 Å². The van der Waals surface area contributed by atoms with Gasteiger partial charge in [-0.05, 0) is 6.42 Å². The van der Waals surface area contributed by atoms with Gasteiger partial charge in [0, 0.05) is 13.0 Å². The van der Waals surface area contributed by atoms with Crippen LogP contribution in [0.4, 0.5) is 0 Å². The van der Waals surface area contributed by atoms with Crippen LogP contribution >= 0.6 is 0 Å². The molecule has 2 heterocycles. The number of hydrogen-bond acceptors (Lipinski definition) is 4. The molecule has 1 amide bonds. The summed E-state index contributed by atoms with van der Waals surface area (Å²) in [5.41, 5.74) is 5.90. The van der Waals surface area contributed by atoms with Gasteiger partial charge in [0.25, 0.3) is 0 Å².